The largest absolute Gasteiger partial charge is 0.481 e. The molecular formula is C28H28N2O7. The van der Waals surface area contributed by atoms with Gasteiger partial charge in [-0.3, -0.25) is 19.2 Å². The Bertz CT molecular complexity index is 1470. The highest BCUT2D eigenvalue weighted by atomic mass is 16.5. The Morgan fingerprint density at radius 2 is 2.00 bits per heavy atom. The third-order valence-electron chi connectivity index (χ3n) is 7.27. The number of carbonyl (C=O) groups is 3. The van der Waals surface area contributed by atoms with Crippen LogP contribution in [0.5, 0.6) is 0 Å². The number of aliphatic carboxylic acids is 1. The summed E-state index contributed by atoms with van der Waals surface area (Å²) in [6.07, 6.45) is 2.15. The fraction of sp³-hybridized carbons (Fsp3) is 0.393. The smallest absolute Gasteiger partial charge is 0.306 e. The van der Waals surface area contributed by atoms with Gasteiger partial charge in [-0.15, -0.1) is 0 Å². The summed E-state index contributed by atoms with van der Waals surface area (Å²) >= 11 is 0. The van der Waals surface area contributed by atoms with E-state index in [0.29, 0.717) is 35.3 Å². The summed E-state index contributed by atoms with van der Waals surface area (Å²) in [4.78, 5) is 53.7. The molecule has 0 saturated carbocycles. The number of carboxylic acid groups (broad SMARTS) is 1. The van der Waals surface area contributed by atoms with Gasteiger partial charge in [-0.25, -0.2) is 4.98 Å². The lowest BCUT2D eigenvalue weighted by atomic mass is 9.88. The van der Waals surface area contributed by atoms with E-state index < -0.39 is 11.9 Å². The Balaban J connectivity index is 1.61. The predicted octanol–water partition coefficient (Wildman–Crippen LogP) is 4.05. The van der Waals surface area contributed by atoms with Crippen molar-refractivity contribution in [3.63, 3.8) is 0 Å². The summed E-state index contributed by atoms with van der Waals surface area (Å²) in [7, 11) is 0. The summed E-state index contributed by atoms with van der Waals surface area (Å²) in [5, 5.41) is 9.67. The molecular weight excluding hydrogens is 476 g/mol. The van der Waals surface area contributed by atoms with Crippen LogP contribution < -0.4 is 5.56 Å². The Hall–Kier alpha value is -4.01. The van der Waals surface area contributed by atoms with E-state index in [1.54, 1.807) is 4.57 Å². The number of pyridine rings is 2. The van der Waals surface area contributed by atoms with Crippen LogP contribution in [0.15, 0.2) is 35.1 Å². The average Bonchev–Trinajstić information content (AvgIpc) is 3.28. The number of carboxylic acids is 1. The molecule has 5 rings (SSSR count). The monoisotopic (exact) mass is 504 g/mol. The first-order chi connectivity index (χ1) is 17.9. The third kappa shape index (κ3) is 4.73. The molecule has 4 heterocycles. The van der Waals surface area contributed by atoms with Crippen LogP contribution in [0.4, 0.5) is 0 Å². The second-order valence-electron chi connectivity index (χ2n) is 9.50. The highest BCUT2D eigenvalue weighted by molar-refractivity contribution is 5.88. The number of benzene rings is 1. The van der Waals surface area contributed by atoms with Gasteiger partial charge in [0.25, 0.3) is 5.56 Å². The van der Waals surface area contributed by atoms with Gasteiger partial charge >= 0.3 is 17.9 Å². The van der Waals surface area contributed by atoms with Crippen LogP contribution >= 0.6 is 0 Å². The summed E-state index contributed by atoms with van der Waals surface area (Å²) < 4.78 is 12.5. The molecule has 9 nitrogen and oxygen atoms in total. The molecule has 2 aromatic heterocycles. The number of para-hydroxylation sites is 1. The summed E-state index contributed by atoms with van der Waals surface area (Å²) in [5.41, 5.74) is 4.82. The number of cyclic esters (lactones) is 1. The van der Waals surface area contributed by atoms with Crippen molar-refractivity contribution in [3.05, 3.63) is 62.9 Å². The van der Waals surface area contributed by atoms with Gasteiger partial charge in [-0.05, 0) is 42.9 Å². The molecule has 0 radical (unpaired) electrons. The van der Waals surface area contributed by atoms with Crippen molar-refractivity contribution in [2.45, 2.75) is 71.1 Å². The first-order valence-electron chi connectivity index (χ1n) is 12.6. The van der Waals surface area contributed by atoms with Crippen molar-refractivity contribution >= 4 is 28.8 Å². The van der Waals surface area contributed by atoms with E-state index in [0.717, 1.165) is 34.9 Å². The van der Waals surface area contributed by atoms with E-state index in [2.05, 4.69) is 6.92 Å². The highest BCUT2D eigenvalue weighted by Gasteiger charge is 2.31. The number of rotatable bonds is 6. The van der Waals surface area contributed by atoms with Crippen molar-refractivity contribution in [3.8, 4) is 11.4 Å². The first kappa shape index (κ1) is 24.7. The zero-order chi connectivity index (χ0) is 26.1. The topological polar surface area (TPSA) is 125 Å². The average molecular weight is 505 g/mol. The molecule has 9 heteroatoms. The molecule has 2 aliphatic heterocycles. The van der Waals surface area contributed by atoms with Crippen molar-refractivity contribution < 1.29 is 29.0 Å². The molecule has 3 aromatic rings. The van der Waals surface area contributed by atoms with E-state index in [4.69, 9.17) is 19.6 Å². The van der Waals surface area contributed by atoms with Crippen molar-refractivity contribution in [1.82, 2.24) is 9.55 Å². The zero-order valence-electron chi connectivity index (χ0n) is 20.6. The maximum Gasteiger partial charge on any atom is 0.306 e. The van der Waals surface area contributed by atoms with Gasteiger partial charge in [0.1, 0.15) is 13.2 Å². The number of hydrogen-bond donors (Lipinski definition) is 1. The molecule has 1 atom stereocenters. The number of fused-ring (bicyclic) bond motifs is 5. The fourth-order valence-electron chi connectivity index (χ4n) is 5.33. The lowest BCUT2D eigenvalue weighted by molar-refractivity contribution is -0.148. The van der Waals surface area contributed by atoms with E-state index >= 15 is 0 Å². The first-order valence-corrected chi connectivity index (χ1v) is 12.6. The van der Waals surface area contributed by atoms with Crippen molar-refractivity contribution in [2.75, 3.05) is 0 Å². The van der Waals surface area contributed by atoms with E-state index in [9.17, 15) is 19.2 Å². The number of nitrogens with zero attached hydrogens (tertiary/aromatic N) is 2. The second kappa shape index (κ2) is 10.2. The van der Waals surface area contributed by atoms with Crippen LogP contribution in [0.2, 0.25) is 0 Å². The Labute approximate surface area is 213 Å². The molecule has 0 amide bonds. The van der Waals surface area contributed by atoms with Crippen LogP contribution in [0.1, 0.15) is 73.6 Å². The summed E-state index contributed by atoms with van der Waals surface area (Å²) in [6.45, 7) is 2.22. The van der Waals surface area contributed by atoms with Crippen LogP contribution in [0.3, 0.4) is 0 Å². The summed E-state index contributed by atoms with van der Waals surface area (Å²) in [6, 6.07) is 9.52. The van der Waals surface area contributed by atoms with Crippen LogP contribution in [0.25, 0.3) is 22.3 Å². The van der Waals surface area contributed by atoms with E-state index in [1.807, 2.05) is 30.3 Å². The van der Waals surface area contributed by atoms with Gasteiger partial charge in [0.05, 0.1) is 41.9 Å². The van der Waals surface area contributed by atoms with Gasteiger partial charge in [0, 0.05) is 22.9 Å². The Morgan fingerprint density at radius 3 is 2.78 bits per heavy atom. The molecule has 0 saturated heterocycles. The third-order valence-corrected chi connectivity index (χ3v) is 7.27. The van der Waals surface area contributed by atoms with Gasteiger partial charge in [-0.1, -0.05) is 25.1 Å². The maximum absolute atomic E-state index is 13.7. The van der Waals surface area contributed by atoms with Gasteiger partial charge in [0.2, 0.25) is 0 Å². The minimum Gasteiger partial charge on any atom is -0.481 e. The molecule has 0 bridgehead atoms. The molecule has 37 heavy (non-hydrogen) atoms. The standard InChI is InChI=1S/C28H28N2O7/c1-2-16-6-5-9-25(33)37-15-21-18(16)12-23-27-19(13-30(23)28(21)35)20(14-36-26(34)11-10-24(31)32)17-7-3-4-8-22(17)29-27/h3-4,7-8,12,16H,2,5-6,9-11,13-15H2,1H3,(H,31,32). The second-order valence-corrected chi connectivity index (χ2v) is 9.50. The van der Waals surface area contributed by atoms with Crippen molar-refractivity contribution in [2.24, 2.45) is 0 Å². The molecule has 2 aliphatic rings. The molecule has 1 unspecified atom stereocenters. The zero-order valence-corrected chi connectivity index (χ0v) is 20.6. The lowest BCUT2D eigenvalue weighted by Crippen LogP contribution is -2.26. The molecule has 0 fully saturated rings. The van der Waals surface area contributed by atoms with Crippen LogP contribution in [-0.4, -0.2) is 32.6 Å². The number of esters is 2. The SMILES string of the molecule is CCC1CCCC(=O)OCc2c1cc1n(c2=O)Cc2c-1nc1ccccc1c2COC(=O)CCC(=O)O. The van der Waals surface area contributed by atoms with E-state index in [-0.39, 0.29) is 50.0 Å². The van der Waals surface area contributed by atoms with Crippen molar-refractivity contribution in [1.29, 1.82) is 0 Å². The number of carbonyl (C=O) groups excluding carboxylic acids is 2. The minimum atomic E-state index is -1.07. The molecule has 0 aliphatic carbocycles. The molecule has 1 aromatic carbocycles. The maximum atomic E-state index is 13.7. The fourth-order valence-corrected chi connectivity index (χ4v) is 5.33. The Kier molecular flexibility index (Phi) is 6.78. The predicted molar refractivity (Wildman–Crippen MR) is 134 cm³/mol. The molecule has 0 spiro atoms. The number of ether oxygens (including phenoxy) is 2. The Morgan fingerprint density at radius 1 is 1.19 bits per heavy atom. The van der Waals surface area contributed by atoms with Crippen LogP contribution in [-0.2, 0) is 43.6 Å². The summed E-state index contributed by atoms with van der Waals surface area (Å²) in [5.74, 6) is -1.83. The lowest BCUT2D eigenvalue weighted by Gasteiger charge is -2.19. The number of aromatic nitrogens is 2. The van der Waals surface area contributed by atoms with E-state index in [1.165, 1.54) is 0 Å². The van der Waals surface area contributed by atoms with Gasteiger partial charge < -0.3 is 19.1 Å². The quantitative estimate of drug-likeness (QED) is 0.390. The molecule has 1 N–H and O–H groups in total. The van der Waals surface area contributed by atoms with Gasteiger partial charge in [0.15, 0.2) is 0 Å². The normalized spacial score (nSPS) is 16.6. The highest BCUT2D eigenvalue weighted by Crippen LogP contribution is 2.39. The minimum absolute atomic E-state index is 0.0520. The molecule has 192 valence electrons. The van der Waals surface area contributed by atoms with Crippen LogP contribution in [0, 0.1) is 0 Å². The number of hydrogen-bond acceptors (Lipinski definition) is 7. The van der Waals surface area contributed by atoms with Gasteiger partial charge in [-0.2, -0.15) is 0 Å².